The predicted octanol–water partition coefficient (Wildman–Crippen LogP) is 7.89. The summed E-state index contributed by atoms with van der Waals surface area (Å²) in [5.41, 5.74) is 5.38. The summed E-state index contributed by atoms with van der Waals surface area (Å²) in [4.78, 5) is 12.6. The molecule has 0 aromatic heterocycles. The Hall–Kier alpha value is -2.54. The maximum absolute atomic E-state index is 12.6. The number of urea groups is 1. The number of anilines is 1. The van der Waals surface area contributed by atoms with E-state index in [0.717, 1.165) is 57.4 Å². The summed E-state index contributed by atoms with van der Waals surface area (Å²) in [6.45, 7) is 6.74. The van der Waals surface area contributed by atoms with Crippen molar-refractivity contribution >= 4 is 39.2 Å². The van der Waals surface area contributed by atoms with Crippen LogP contribution in [-0.2, 0) is 13.0 Å². The van der Waals surface area contributed by atoms with E-state index >= 15 is 0 Å². The highest BCUT2D eigenvalue weighted by Crippen LogP contribution is 2.36. The van der Waals surface area contributed by atoms with Gasteiger partial charge in [0.25, 0.3) is 0 Å². The number of benzene rings is 3. The smallest absolute Gasteiger partial charge is 0.319 e. The molecule has 3 aromatic rings. The first-order valence-electron chi connectivity index (χ1n) is 13.1. The van der Waals surface area contributed by atoms with Crippen LogP contribution in [0, 0.1) is 26.7 Å². The molecule has 2 amide bonds. The molecule has 0 radical (unpaired) electrons. The Morgan fingerprint density at radius 3 is 2.37 bits per heavy atom. The Bertz CT molecular complexity index is 1250. The first-order chi connectivity index (χ1) is 18.1. The number of hydrogen-bond donors (Lipinski definition) is 3. The van der Waals surface area contributed by atoms with Crippen molar-refractivity contribution in [3.63, 3.8) is 0 Å². The van der Waals surface area contributed by atoms with E-state index in [1.165, 1.54) is 5.56 Å². The van der Waals surface area contributed by atoms with E-state index < -0.39 is 5.60 Å². The summed E-state index contributed by atoms with van der Waals surface area (Å²) >= 11 is 9.59. The highest BCUT2D eigenvalue weighted by molar-refractivity contribution is 9.10. The third kappa shape index (κ3) is 7.75. The molecular formula is C31H36BrClN2O3. The van der Waals surface area contributed by atoms with Gasteiger partial charge in [0.2, 0.25) is 0 Å². The molecule has 7 heteroatoms. The Morgan fingerprint density at radius 2 is 1.71 bits per heavy atom. The SMILES string of the molecule is Cc1cc(C)c(NC(=O)NCC2(O)CCC(Cc3cc(Br)ccc3OCc3ccc(Cl)cc3)CC2)c(C)c1. The lowest BCUT2D eigenvalue weighted by Crippen LogP contribution is -2.46. The van der Waals surface area contributed by atoms with Gasteiger partial charge in [-0.2, -0.15) is 0 Å². The van der Waals surface area contributed by atoms with Gasteiger partial charge in [-0.05, 0) is 111 Å². The van der Waals surface area contributed by atoms with Crippen LogP contribution < -0.4 is 15.4 Å². The Labute approximate surface area is 239 Å². The van der Waals surface area contributed by atoms with Crippen LogP contribution in [-0.4, -0.2) is 23.3 Å². The molecule has 202 valence electrons. The minimum Gasteiger partial charge on any atom is -0.489 e. The zero-order valence-electron chi connectivity index (χ0n) is 22.2. The average molecular weight is 600 g/mol. The number of aryl methyl sites for hydroxylation is 3. The molecule has 0 atom stereocenters. The van der Waals surface area contributed by atoms with Gasteiger partial charge in [-0.15, -0.1) is 0 Å². The molecule has 3 aromatic carbocycles. The fourth-order valence-corrected chi connectivity index (χ4v) is 5.81. The molecule has 1 fully saturated rings. The third-order valence-electron chi connectivity index (χ3n) is 7.37. The molecule has 0 spiro atoms. The van der Waals surface area contributed by atoms with Gasteiger partial charge in [-0.1, -0.05) is 57.4 Å². The number of carbonyl (C=O) groups excluding carboxylic acids is 1. The van der Waals surface area contributed by atoms with Crippen molar-refractivity contribution in [2.75, 3.05) is 11.9 Å². The van der Waals surface area contributed by atoms with Crippen molar-refractivity contribution in [3.05, 3.63) is 91.9 Å². The number of halogens is 2. The average Bonchev–Trinajstić information content (AvgIpc) is 2.87. The van der Waals surface area contributed by atoms with Crippen LogP contribution in [0.4, 0.5) is 10.5 Å². The van der Waals surface area contributed by atoms with Crippen molar-refractivity contribution in [2.24, 2.45) is 5.92 Å². The monoisotopic (exact) mass is 598 g/mol. The lowest BCUT2D eigenvalue weighted by molar-refractivity contribution is -0.00572. The van der Waals surface area contributed by atoms with E-state index in [1.807, 2.05) is 57.2 Å². The summed E-state index contributed by atoms with van der Waals surface area (Å²) in [5, 5.41) is 17.7. The molecule has 1 saturated carbocycles. The van der Waals surface area contributed by atoms with E-state index in [0.29, 0.717) is 30.4 Å². The number of amides is 2. The standard InChI is InChI=1S/C31H36BrClN2O3/c1-20-14-21(2)29(22(3)15-20)35-30(36)34-19-31(37)12-10-23(11-13-31)16-25-17-26(32)6-9-28(25)38-18-24-4-7-27(33)8-5-24/h4-9,14-15,17,23,37H,10-13,16,18-19H2,1-3H3,(H2,34,35,36). The van der Waals surface area contributed by atoms with Crippen molar-refractivity contribution in [1.29, 1.82) is 0 Å². The summed E-state index contributed by atoms with van der Waals surface area (Å²) in [7, 11) is 0. The van der Waals surface area contributed by atoms with Crippen molar-refractivity contribution < 1.29 is 14.6 Å². The third-order valence-corrected chi connectivity index (χ3v) is 8.11. The molecule has 0 bridgehead atoms. The fraction of sp³-hybridized carbons (Fsp3) is 0.387. The van der Waals surface area contributed by atoms with E-state index in [9.17, 15) is 9.90 Å². The number of nitrogens with one attached hydrogen (secondary N) is 2. The lowest BCUT2D eigenvalue weighted by Gasteiger charge is -2.36. The molecule has 38 heavy (non-hydrogen) atoms. The highest BCUT2D eigenvalue weighted by Gasteiger charge is 2.34. The lowest BCUT2D eigenvalue weighted by atomic mass is 9.76. The maximum atomic E-state index is 12.6. The molecule has 0 aliphatic heterocycles. The minimum atomic E-state index is -0.892. The van der Waals surface area contributed by atoms with Gasteiger partial charge in [-0.25, -0.2) is 4.79 Å². The normalized spacial score (nSPS) is 19.2. The summed E-state index contributed by atoms with van der Waals surface area (Å²) < 4.78 is 7.19. The van der Waals surface area contributed by atoms with E-state index in [-0.39, 0.29) is 12.6 Å². The van der Waals surface area contributed by atoms with Gasteiger partial charge >= 0.3 is 6.03 Å². The molecule has 1 aliphatic rings. The largest absolute Gasteiger partial charge is 0.489 e. The van der Waals surface area contributed by atoms with Crippen LogP contribution in [0.3, 0.4) is 0 Å². The number of ether oxygens (including phenoxy) is 1. The molecule has 1 aliphatic carbocycles. The van der Waals surface area contributed by atoms with Crippen molar-refractivity contribution in [1.82, 2.24) is 5.32 Å². The van der Waals surface area contributed by atoms with Crippen molar-refractivity contribution in [2.45, 2.75) is 65.1 Å². The van der Waals surface area contributed by atoms with Gasteiger partial charge in [0, 0.05) is 21.7 Å². The number of aliphatic hydroxyl groups is 1. The summed E-state index contributed by atoms with van der Waals surface area (Å²) in [5.74, 6) is 1.32. The minimum absolute atomic E-state index is 0.238. The first-order valence-corrected chi connectivity index (χ1v) is 14.3. The van der Waals surface area contributed by atoms with Crippen LogP contribution in [0.1, 0.15) is 53.5 Å². The zero-order chi connectivity index (χ0) is 27.3. The van der Waals surface area contributed by atoms with E-state index in [1.54, 1.807) is 0 Å². The van der Waals surface area contributed by atoms with Gasteiger partial charge < -0.3 is 20.5 Å². The van der Waals surface area contributed by atoms with E-state index in [4.69, 9.17) is 16.3 Å². The van der Waals surface area contributed by atoms with Crippen LogP contribution in [0.2, 0.25) is 5.02 Å². The molecule has 5 nitrogen and oxygen atoms in total. The second-order valence-electron chi connectivity index (χ2n) is 10.6. The molecular weight excluding hydrogens is 564 g/mol. The van der Waals surface area contributed by atoms with Crippen LogP contribution in [0.25, 0.3) is 0 Å². The fourth-order valence-electron chi connectivity index (χ4n) is 5.28. The Balaban J connectivity index is 1.29. The zero-order valence-corrected chi connectivity index (χ0v) is 24.6. The summed E-state index contributed by atoms with van der Waals surface area (Å²) in [6.07, 6.45) is 3.95. The second-order valence-corrected chi connectivity index (χ2v) is 12.0. The molecule has 0 heterocycles. The van der Waals surface area contributed by atoms with Gasteiger partial charge in [0.05, 0.1) is 5.60 Å². The number of rotatable bonds is 8. The quantitative estimate of drug-likeness (QED) is 0.247. The molecule has 4 rings (SSSR count). The Morgan fingerprint density at radius 1 is 1.05 bits per heavy atom. The number of carbonyl (C=O) groups is 1. The Kier molecular flexibility index (Phi) is 9.40. The number of hydrogen-bond acceptors (Lipinski definition) is 3. The topological polar surface area (TPSA) is 70.6 Å². The van der Waals surface area contributed by atoms with Gasteiger partial charge in [0.1, 0.15) is 12.4 Å². The van der Waals surface area contributed by atoms with Gasteiger partial charge in [-0.3, -0.25) is 0 Å². The van der Waals surface area contributed by atoms with Crippen LogP contribution >= 0.6 is 27.5 Å². The predicted molar refractivity (Wildman–Crippen MR) is 158 cm³/mol. The van der Waals surface area contributed by atoms with E-state index in [2.05, 4.69) is 44.8 Å². The summed E-state index contributed by atoms with van der Waals surface area (Å²) in [6, 6.07) is 17.6. The van der Waals surface area contributed by atoms with Gasteiger partial charge in [0.15, 0.2) is 0 Å². The van der Waals surface area contributed by atoms with Crippen LogP contribution in [0.5, 0.6) is 5.75 Å². The highest BCUT2D eigenvalue weighted by atomic mass is 79.9. The maximum Gasteiger partial charge on any atom is 0.319 e. The molecule has 3 N–H and O–H groups in total. The first kappa shape index (κ1) is 28.5. The second kappa shape index (κ2) is 12.5. The molecule has 0 unspecified atom stereocenters. The van der Waals surface area contributed by atoms with Crippen LogP contribution in [0.15, 0.2) is 59.1 Å². The molecule has 0 saturated heterocycles. The van der Waals surface area contributed by atoms with Crippen molar-refractivity contribution in [3.8, 4) is 5.75 Å².